The maximum absolute atomic E-state index is 11.7. The lowest BCUT2D eigenvalue weighted by Crippen LogP contribution is -2.24. The first kappa shape index (κ1) is 13.6. The van der Waals surface area contributed by atoms with Gasteiger partial charge in [-0.1, -0.05) is 30.8 Å². The Balaban J connectivity index is 2.58. The highest BCUT2D eigenvalue weighted by Gasteiger charge is 2.15. The van der Waals surface area contributed by atoms with Crippen molar-refractivity contribution < 1.29 is 9.59 Å². The molecule has 1 unspecified atom stereocenters. The van der Waals surface area contributed by atoms with Crippen molar-refractivity contribution in [3.05, 3.63) is 29.8 Å². The molecular formula is C12H16N2O2S. The molecule has 2 amide bonds. The first-order valence-electron chi connectivity index (χ1n) is 5.38. The average Bonchev–Trinajstić information content (AvgIpc) is 2.29. The predicted molar refractivity (Wildman–Crippen MR) is 71.1 cm³/mol. The summed E-state index contributed by atoms with van der Waals surface area (Å²) in [6.45, 7) is 3.71. The molecule has 1 aromatic rings. The third-order valence-electron chi connectivity index (χ3n) is 2.29. The van der Waals surface area contributed by atoms with Crippen LogP contribution in [0.1, 0.15) is 19.4 Å². The number of primary amides is 1. The standard InChI is InChI=1S/C12H16N2O2S/c1-3-9-4-6-10(7-5-9)14-11(15)8(2)17-12(13)16/h4-8H,3H2,1-2H3,(H2,13,16)(H,14,15). The molecule has 0 aliphatic carbocycles. The van der Waals surface area contributed by atoms with Gasteiger partial charge < -0.3 is 11.1 Å². The number of amides is 2. The van der Waals surface area contributed by atoms with E-state index in [0.717, 1.165) is 23.9 Å². The van der Waals surface area contributed by atoms with Crippen LogP contribution in [0.4, 0.5) is 10.5 Å². The number of hydrogen-bond donors (Lipinski definition) is 2. The molecule has 0 aliphatic rings. The van der Waals surface area contributed by atoms with Gasteiger partial charge in [0.1, 0.15) is 0 Å². The summed E-state index contributed by atoms with van der Waals surface area (Å²) in [5.74, 6) is -0.224. The maximum atomic E-state index is 11.7. The van der Waals surface area contributed by atoms with Crippen LogP contribution in [0.25, 0.3) is 0 Å². The smallest absolute Gasteiger partial charge is 0.277 e. The topological polar surface area (TPSA) is 72.2 Å². The number of rotatable bonds is 4. The van der Waals surface area contributed by atoms with Crippen molar-refractivity contribution in [1.82, 2.24) is 0 Å². The van der Waals surface area contributed by atoms with Crippen LogP contribution in [-0.2, 0) is 11.2 Å². The quantitative estimate of drug-likeness (QED) is 0.864. The first-order valence-corrected chi connectivity index (χ1v) is 6.26. The molecule has 0 heterocycles. The molecule has 0 fully saturated rings. The van der Waals surface area contributed by atoms with Crippen LogP contribution in [0, 0.1) is 0 Å². The van der Waals surface area contributed by atoms with Gasteiger partial charge in [0.2, 0.25) is 5.91 Å². The molecule has 92 valence electrons. The summed E-state index contributed by atoms with van der Waals surface area (Å²) in [7, 11) is 0. The Kier molecular flexibility index (Phi) is 5.03. The van der Waals surface area contributed by atoms with E-state index in [0.29, 0.717) is 0 Å². The second-order valence-electron chi connectivity index (χ2n) is 3.62. The van der Waals surface area contributed by atoms with Gasteiger partial charge in [0.15, 0.2) is 0 Å². The van der Waals surface area contributed by atoms with E-state index >= 15 is 0 Å². The Hall–Kier alpha value is -1.49. The SMILES string of the molecule is CCc1ccc(NC(=O)C(C)SC(N)=O)cc1. The van der Waals surface area contributed by atoms with E-state index in [9.17, 15) is 9.59 Å². The summed E-state index contributed by atoms with van der Waals surface area (Å²) < 4.78 is 0. The number of hydrogen-bond acceptors (Lipinski definition) is 3. The normalized spacial score (nSPS) is 11.9. The first-order chi connectivity index (χ1) is 8.02. The Morgan fingerprint density at radius 3 is 2.41 bits per heavy atom. The van der Waals surface area contributed by atoms with Gasteiger partial charge in [0.05, 0.1) is 5.25 Å². The molecule has 0 saturated heterocycles. The van der Waals surface area contributed by atoms with E-state index in [4.69, 9.17) is 5.73 Å². The number of carbonyl (C=O) groups excluding carboxylic acids is 2. The zero-order valence-corrected chi connectivity index (χ0v) is 10.7. The Bertz CT molecular complexity index is 403. The fourth-order valence-corrected chi connectivity index (χ4v) is 1.81. The summed E-state index contributed by atoms with van der Waals surface area (Å²) in [5, 5.41) is 1.70. The van der Waals surface area contributed by atoms with E-state index in [1.54, 1.807) is 6.92 Å². The van der Waals surface area contributed by atoms with Crippen molar-refractivity contribution in [1.29, 1.82) is 0 Å². The number of nitrogens with one attached hydrogen (secondary N) is 1. The van der Waals surface area contributed by atoms with Gasteiger partial charge in [-0.15, -0.1) is 0 Å². The zero-order chi connectivity index (χ0) is 12.8. The van der Waals surface area contributed by atoms with Gasteiger partial charge in [-0.3, -0.25) is 9.59 Å². The molecular weight excluding hydrogens is 236 g/mol. The van der Waals surface area contributed by atoms with E-state index < -0.39 is 10.5 Å². The summed E-state index contributed by atoms with van der Waals surface area (Å²) >= 11 is 0.816. The Morgan fingerprint density at radius 1 is 1.35 bits per heavy atom. The van der Waals surface area contributed by atoms with Crippen molar-refractivity contribution in [3.8, 4) is 0 Å². The monoisotopic (exact) mass is 252 g/mol. The molecule has 0 aliphatic heterocycles. The minimum absolute atomic E-state index is 0.224. The highest BCUT2D eigenvalue weighted by molar-refractivity contribution is 8.14. The maximum Gasteiger partial charge on any atom is 0.277 e. The van der Waals surface area contributed by atoms with Crippen molar-refractivity contribution in [2.75, 3.05) is 5.32 Å². The van der Waals surface area contributed by atoms with E-state index in [2.05, 4.69) is 12.2 Å². The van der Waals surface area contributed by atoms with Crippen LogP contribution in [-0.4, -0.2) is 16.4 Å². The molecule has 0 spiro atoms. The third-order valence-corrected chi connectivity index (χ3v) is 3.09. The molecule has 3 N–H and O–H groups in total. The van der Waals surface area contributed by atoms with Gasteiger partial charge >= 0.3 is 0 Å². The van der Waals surface area contributed by atoms with Crippen LogP contribution in [0.2, 0.25) is 0 Å². The predicted octanol–water partition coefficient (Wildman–Crippen LogP) is 2.39. The number of thioether (sulfide) groups is 1. The van der Waals surface area contributed by atoms with Crippen LogP contribution in [0.15, 0.2) is 24.3 Å². The molecule has 1 aromatic carbocycles. The fraction of sp³-hybridized carbons (Fsp3) is 0.333. The summed E-state index contributed by atoms with van der Waals surface area (Å²) in [6, 6.07) is 7.61. The fourth-order valence-electron chi connectivity index (χ4n) is 1.30. The highest BCUT2D eigenvalue weighted by Crippen LogP contribution is 2.14. The molecule has 1 rings (SSSR count). The van der Waals surface area contributed by atoms with E-state index in [-0.39, 0.29) is 5.91 Å². The van der Waals surface area contributed by atoms with Gasteiger partial charge in [-0.25, -0.2) is 0 Å². The van der Waals surface area contributed by atoms with Gasteiger partial charge in [-0.2, -0.15) is 0 Å². The Morgan fingerprint density at radius 2 is 1.94 bits per heavy atom. The van der Waals surface area contributed by atoms with Gasteiger partial charge in [0.25, 0.3) is 5.24 Å². The van der Waals surface area contributed by atoms with Crippen LogP contribution in [0.3, 0.4) is 0 Å². The molecule has 0 aromatic heterocycles. The van der Waals surface area contributed by atoms with Crippen molar-refractivity contribution in [2.45, 2.75) is 25.5 Å². The number of anilines is 1. The molecule has 4 nitrogen and oxygen atoms in total. The van der Waals surface area contributed by atoms with Crippen molar-refractivity contribution in [3.63, 3.8) is 0 Å². The molecule has 17 heavy (non-hydrogen) atoms. The largest absolute Gasteiger partial charge is 0.360 e. The Labute approximate surface area is 105 Å². The van der Waals surface area contributed by atoms with Crippen LogP contribution < -0.4 is 11.1 Å². The lowest BCUT2D eigenvalue weighted by atomic mass is 10.1. The second-order valence-corrected chi connectivity index (χ2v) is 4.96. The summed E-state index contributed by atoms with van der Waals surface area (Å²) in [5.41, 5.74) is 6.94. The van der Waals surface area contributed by atoms with E-state index in [1.807, 2.05) is 24.3 Å². The van der Waals surface area contributed by atoms with Crippen molar-refractivity contribution >= 4 is 28.6 Å². The number of carbonyl (C=O) groups is 2. The second kappa shape index (κ2) is 6.30. The third kappa shape index (κ3) is 4.48. The zero-order valence-electron chi connectivity index (χ0n) is 9.90. The number of aryl methyl sites for hydroxylation is 1. The number of nitrogens with two attached hydrogens (primary N) is 1. The summed E-state index contributed by atoms with van der Waals surface area (Å²) in [4.78, 5) is 22.3. The summed E-state index contributed by atoms with van der Waals surface area (Å²) in [6.07, 6.45) is 0.960. The lowest BCUT2D eigenvalue weighted by Gasteiger charge is -2.10. The van der Waals surface area contributed by atoms with Gasteiger partial charge in [0, 0.05) is 5.69 Å². The minimum Gasteiger partial charge on any atom is -0.360 e. The van der Waals surface area contributed by atoms with Gasteiger partial charge in [-0.05, 0) is 31.0 Å². The number of benzene rings is 1. The minimum atomic E-state index is -0.547. The van der Waals surface area contributed by atoms with Crippen molar-refractivity contribution in [2.24, 2.45) is 5.73 Å². The highest BCUT2D eigenvalue weighted by atomic mass is 32.2. The molecule has 0 saturated carbocycles. The molecule has 0 radical (unpaired) electrons. The molecule has 0 bridgehead atoms. The molecule has 1 atom stereocenters. The van der Waals surface area contributed by atoms with Crippen LogP contribution in [0.5, 0.6) is 0 Å². The average molecular weight is 252 g/mol. The van der Waals surface area contributed by atoms with Crippen LogP contribution >= 0.6 is 11.8 Å². The van der Waals surface area contributed by atoms with E-state index in [1.165, 1.54) is 5.56 Å². The lowest BCUT2D eigenvalue weighted by molar-refractivity contribution is -0.115. The molecule has 5 heteroatoms.